The Kier molecular flexibility index (Phi) is 15.1. The molecule has 0 radical (unpaired) electrons. The highest BCUT2D eigenvalue weighted by atomic mass is 16.6. The zero-order chi connectivity index (χ0) is 39.3. The van der Waals surface area contributed by atoms with Crippen LogP contribution in [0.4, 0.5) is 0 Å². The van der Waals surface area contributed by atoms with Crippen molar-refractivity contribution >= 4 is 17.7 Å². The van der Waals surface area contributed by atoms with Gasteiger partial charge in [-0.15, -0.1) is 0 Å². The second kappa shape index (κ2) is 17.9. The summed E-state index contributed by atoms with van der Waals surface area (Å²) in [6, 6.07) is 8.44. The third kappa shape index (κ3) is 9.48. The first-order chi connectivity index (χ1) is 24.2. The number of primary amides is 1. The van der Waals surface area contributed by atoms with Crippen LogP contribution >= 0.6 is 0 Å². The summed E-state index contributed by atoms with van der Waals surface area (Å²) in [6.45, 7) is 21.9. The quantitative estimate of drug-likeness (QED) is 0.241. The first-order valence-electron chi connectivity index (χ1n) is 19.7. The number of benzene rings is 1. The van der Waals surface area contributed by atoms with Crippen LogP contribution in [0.15, 0.2) is 24.3 Å². The number of methoxy groups -OCH3 is 2. The number of ketones is 1. The van der Waals surface area contributed by atoms with Gasteiger partial charge in [-0.2, -0.15) is 0 Å². The van der Waals surface area contributed by atoms with Crippen molar-refractivity contribution in [3.63, 3.8) is 0 Å². The minimum Gasteiger partial charge on any atom is -0.462 e. The summed E-state index contributed by atoms with van der Waals surface area (Å²) in [4.78, 5) is 42.2. The molecule has 1 aromatic carbocycles. The van der Waals surface area contributed by atoms with Gasteiger partial charge in [0, 0.05) is 50.2 Å². The molecule has 2 aliphatic heterocycles. The fourth-order valence-corrected chi connectivity index (χ4v) is 10.2. The van der Waals surface area contributed by atoms with Crippen LogP contribution in [0.5, 0.6) is 0 Å². The summed E-state index contributed by atoms with van der Waals surface area (Å²) in [7, 11) is 3.29. The Morgan fingerprint density at radius 1 is 0.981 bits per heavy atom. The Labute approximate surface area is 314 Å². The lowest BCUT2D eigenvalue weighted by molar-refractivity contribution is -0.236. The lowest BCUT2D eigenvalue weighted by atomic mass is 9.60. The molecule has 52 heavy (non-hydrogen) atoms. The molecule has 3 N–H and O–H groups in total. The van der Waals surface area contributed by atoms with Crippen molar-refractivity contribution < 1.29 is 38.4 Å². The lowest BCUT2D eigenvalue weighted by Crippen LogP contribution is -2.59. The minimum absolute atomic E-state index is 0.0196. The Hall–Kier alpha value is -2.33. The predicted octanol–water partition coefficient (Wildman–Crippen LogP) is 7.26. The van der Waals surface area contributed by atoms with Gasteiger partial charge in [-0.05, 0) is 83.1 Å². The van der Waals surface area contributed by atoms with E-state index in [0.717, 1.165) is 12.8 Å². The molecule has 1 amide bonds. The van der Waals surface area contributed by atoms with Crippen molar-refractivity contribution in [1.29, 1.82) is 0 Å². The van der Waals surface area contributed by atoms with E-state index in [1.165, 1.54) is 11.1 Å². The number of aliphatic hydroxyl groups is 1. The van der Waals surface area contributed by atoms with Gasteiger partial charge < -0.3 is 29.8 Å². The maximum absolute atomic E-state index is 14.6. The molecule has 2 fully saturated rings. The van der Waals surface area contributed by atoms with E-state index in [1.807, 2.05) is 48.5 Å². The van der Waals surface area contributed by atoms with Gasteiger partial charge in [0.25, 0.3) is 0 Å². The van der Waals surface area contributed by atoms with Crippen molar-refractivity contribution in [2.45, 2.75) is 157 Å². The molecule has 14 atom stereocenters. The molecule has 0 saturated carbocycles. The Balaban J connectivity index is 2.19. The molecule has 0 aliphatic carbocycles. The molecule has 2 unspecified atom stereocenters. The molecule has 0 aromatic heterocycles. The van der Waals surface area contributed by atoms with E-state index in [0.29, 0.717) is 25.7 Å². The van der Waals surface area contributed by atoms with Gasteiger partial charge in [-0.25, -0.2) is 0 Å². The number of carbonyl (C=O) groups is 3. The number of hydrogen-bond donors (Lipinski definition) is 2. The SMILES string of the molecule is CC[C@H]1OC(=O)[C@H](C)[C@@H](C2C[C@@](C)(OC)[C@@H](O)[C@H](C)O2)[C@H](C)[C@@H](C)[C@](C)(OC)C[C@@H](C)C(=O)[C@H](C)C(CCCc2cccc(C)c2)[C@]1(C)CC(N)=O. The van der Waals surface area contributed by atoms with Gasteiger partial charge in [-0.3, -0.25) is 14.4 Å². The van der Waals surface area contributed by atoms with Crippen molar-refractivity contribution in [3.8, 4) is 0 Å². The standard InChI is InChI=1S/C43H71NO8/c1-14-35-41(9,24-36(44)45)33(20-16-19-32-18-15-17-25(2)21-32)28(5)38(46)26(3)22-42(10,49-12)30(7)27(4)37(29(6)40(48)52-35)34-23-43(11,50-13)39(47)31(8)51-34/h15,17-18,21,26-31,33-35,37,39,47H,14,16,19-20,22-24H2,1-13H3,(H2,44,45)/t26-,27-,28-,29-,30-,31+,33?,34?,35-,37+,39+,41+,42-,43-/m1/s1. The number of ether oxygens (including phenoxy) is 4. The molecule has 2 saturated heterocycles. The van der Waals surface area contributed by atoms with E-state index < -0.39 is 58.8 Å². The van der Waals surface area contributed by atoms with Gasteiger partial charge in [0.05, 0.1) is 29.3 Å². The van der Waals surface area contributed by atoms with E-state index in [-0.39, 0.29) is 47.8 Å². The largest absolute Gasteiger partial charge is 0.462 e. The van der Waals surface area contributed by atoms with E-state index in [9.17, 15) is 19.5 Å². The molecule has 3 rings (SSSR count). The normalized spacial score (nSPS) is 41.2. The van der Waals surface area contributed by atoms with Crippen LogP contribution in [-0.2, 0) is 39.8 Å². The first-order valence-corrected chi connectivity index (χ1v) is 19.7. The predicted molar refractivity (Wildman–Crippen MR) is 204 cm³/mol. The van der Waals surface area contributed by atoms with E-state index in [1.54, 1.807) is 14.2 Å². The van der Waals surface area contributed by atoms with Crippen molar-refractivity contribution in [3.05, 3.63) is 35.4 Å². The fourth-order valence-electron chi connectivity index (χ4n) is 10.2. The number of nitrogens with two attached hydrogens (primary N) is 1. The third-order valence-corrected chi connectivity index (χ3v) is 13.8. The molecule has 2 aliphatic rings. The number of carbonyl (C=O) groups excluding carboxylic acids is 3. The molecular weight excluding hydrogens is 658 g/mol. The highest BCUT2D eigenvalue weighted by Gasteiger charge is 2.54. The van der Waals surface area contributed by atoms with Crippen LogP contribution in [0.1, 0.15) is 119 Å². The second-order valence-electron chi connectivity index (χ2n) is 17.3. The number of hydrogen-bond acceptors (Lipinski definition) is 8. The number of esters is 1. The zero-order valence-electron chi connectivity index (χ0n) is 34.5. The molecule has 0 bridgehead atoms. The van der Waals surface area contributed by atoms with Crippen LogP contribution in [0, 0.1) is 53.8 Å². The maximum atomic E-state index is 14.6. The third-order valence-electron chi connectivity index (χ3n) is 13.8. The van der Waals surface area contributed by atoms with E-state index in [2.05, 4.69) is 52.0 Å². The first kappa shape index (κ1) is 44.1. The number of aryl methyl sites for hydroxylation is 2. The summed E-state index contributed by atoms with van der Waals surface area (Å²) in [6.07, 6.45) is 1.09. The summed E-state index contributed by atoms with van der Waals surface area (Å²) >= 11 is 0. The molecule has 0 spiro atoms. The van der Waals surface area contributed by atoms with Gasteiger partial charge in [-0.1, -0.05) is 78.3 Å². The van der Waals surface area contributed by atoms with E-state index in [4.69, 9.17) is 24.7 Å². The minimum atomic E-state index is -0.908. The topological polar surface area (TPSA) is 134 Å². The molecule has 1 aromatic rings. The van der Waals surface area contributed by atoms with Gasteiger partial charge in [0.1, 0.15) is 18.0 Å². The summed E-state index contributed by atoms with van der Waals surface area (Å²) < 4.78 is 25.3. The van der Waals surface area contributed by atoms with Crippen molar-refractivity contribution in [1.82, 2.24) is 0 Å². The van der Waals surface area contributed by atoms with Crippen LogP contribution in [-0.4, -0.2) is 72.6 Å². The zero-order valence-corrected chi connectivity index (χ0v) is 34.5. The van der Waals surface area contributed by atoms with Crippen LogP contribution < -0.4 is 5.73 Å². The summed E-state index contributed by atoms with van der Waals surface area (Å²) in [5.41, 5.74) is 5.90. The molecule has 9 nitrogen and oxygen atoms in total. The van der Waals surface area contributed by atoms with Crippen LogP contribution in [0.25, 0.3) is 0 Å². The van der Waals surface area contributed by atoms with Crippen LogP contribution in [0.2, 0.25) is 0 Å². The summed E-state index contributed by atoms with van der Waals surface area (Å²) in [5, 5.41) is 11.1. The Morgan fingerprint density at radius 2 is 1.62 bits per heavy atom. The Bertz CT molecular complexity index is 1370. The number of aliphatic hydroxyl groups excluding tert-OH is 1. The number of Topliss-reactive ketones (excluding diaryl/α,β-unsaturated/α-hetero) is 1. The lowest BCUT2D eigenvalue weighted by Gasteiger charge is -2.51. The molecule has 2 heterocycles. The fraction of sp³-hybridized carbons (Fsp3) is 0.791. The molecule has 296 valence electrons. The van der Waals surface area contributed by atoms with Gasteiger partial charge >= 0.3 is 5.97 Å². The second-order valence-corrected chi connectivity index (χ2v) is 17.3. The smallest absolute Gasteiger partial charge is 0.309 e. The molecule has 9 heteroatoms. The van der Waals surface area contributed by atoms with E-state index >= 15 is 0 Å². The average molecular weight is 730 g/mol. The monoisotopic (exact) mass is 730 g/mol. The Morgan fingerprint density at radius 3 is 2.17 bits per heavy atom. The number of cyclic esters (lactones) is 1. The van der Waals surface area contributed by atoms with Crippen molar-refractivity contribution in [2.75, 3.05) is 14.2 Å². The highest BCUT2D eigenvalue weighted by molar-refractivity contribution is 5.83. The van der Waals surface area contributed by atoms with Crippen LogP contribution in [0.3, 0.4) is 0 Å². The van der Waals surface area contributed by atoms with Crippen molar-refractivity contribution in [2.24, 2.45) is 52.6 Å². The summed E-state index contributed by atoms with van der Waals surface area (Å²) in [5.74, 6) is -3.01. The maximum Gasteiger partial charge on any atom is 0.309 e. The number of rotatable bonds is 10. The van der Waals surface area contributed by atoms with Gasteiger partial charge in [0.2, 0.25) is 5.91 Å². The average Bonchev–Trinajstić information content (AvgIpc) is 3.09. The van der Waals surface area contributed by atoms with Gasteiger partial charge in [0.15, 0.2) is 0 Å². The highest BCUT2D eigenvalue weighted by Crippen LogP contribution is 2.49. The number of amides is 1. The molecular formula is C43H71NO8.